The van der Waals surface area contributed by atoms with Crippen LogP contribution in [0.3, 0.4) is 0 Å². The fourth-order valence-corrected chi connectivity index (χ4v) is 3.57. The van der Waals surface area contributed by atoms with E-state index in [-0.39, 0.29) is 23.6 Å². The molecule has 10 nitrogen and oxygen atoms in total. The van der Waals surface area contributed by atoms with Crippen LogP contribution in [-0.2, 0) is 0 Å². The molecule has 1 fully saturated rings. The van der Waals surface area contributed by atoms with Crippen LogP contribution >= 0.6 is 11.5 Å². The molecule has 144 valence electrons. The molecule has 1 saturated heterocycles. The molecule has 1 aliphatic rings. The summed E-state index contributed by atoms with van der Waals surface area (Å²) in [6.45, 7) is 3.17. The third-order valence-corrected chi connectivity index (χ3v) is 4.95. The number of urea groups is 1. The number of primary amides is 1. The molecule has 3 heterocycles. The predicted octanol–water partition coefficient (Wildman–Crippen LogP) is 1.30. The van der Waals surface area contributed by atoms with E-state index in [1.54, 1.807) is 11.9 Å². The zero-order valence-corrected chi connectivity index (χ0v) is 16.0. The van der Waals surface area contributed by atoms with Gasteiger partial charge in [0.2, 0.25) is 0 Å². The molecule has 0 unspecified atom stereocenters. The number of aryl methyl sites for hydroxylation is 1. The fourth-order valence-electron chi connectivity index (χ4n) is 2.91. The van der Waals surface area contributed by atoms with Crippen molar-refractivity contribution < 1.29 is 9.59 Å². The maximum atomic E-state index is 11.8. The van der Waals surface area contributed by atoms with Crippen LogP contribution in [0.15, 0.2) is 12.3 Å². The van der Waals surface area contributed by atoms with E-state index in [9.17, 15) is 9.59 Å². The molecule has 2 aromatic rings. The van der Waals surface area contributed by atoms with Crippen LogP contribution in [0, 0.1) is 6.92 Å². The monoisotopic (exact) mass is 390 g/mol. The number of anilines is 3. The third kappa shape index (κ3) is 4.61. The maximum absolute atomic E-state index is 11.8. The summed E-state index contributed by atoms with van der Waals surface area (Å²) in [6, 6.07) is 1.79. The smallest absolute Gasteiger partial charge is 0.317 e. The van der Waals surface area contributed by atoms with E-state index in [1.807, 2.05) is 13.0 Å². The van der Waals surface area contributed by atoms with Crippen molar-refractivity contribution in [3.05, 3.63) is 23.7 Å². The second kappa shape index (κ2) is 8.16. The molecule has 3 amide bonds. The van der Waals surface area contributed by atoms with Crippen LogP contribution in [0.2, 0.25) is 0 Å². The Balaban J connectivity index is 1.76. The van der Waals surface area contributed by atoms with Gasteiger partial charge >= 0.3 is 6.03 Å². The zero-order chi connectivity index (χ0) is 19.4. The first-order valence-electron chi connectivity index (χ1n) is 8.56. The molecule has 1 aliphatic heterocycles. The average Bonchev–Trinajstić information content (AvgIpc) is 3.06. The van der Waals surface area contributed by atoms with Gasteiger partial charge in [0, 0.05) is 26.2 Å². The van der Waals surface area contributed by atoms with Crippen molar-refractivity contribution in [1.29, 1.82) is 0 Å². The standard InChI is InChI=1S/C16H22N8O2S/c1-9-6-12(27-23-9)22-15-13(14(17)25)19-7-11(21-15)20-10-4-3-5-24(8-10)16(26)18-2/h6-7,10H,3-5,8H2,1-2H3,(H2,17,25)(H,18,26)(H2,20,21,22)/t10-/m0/s1. The predicted molar refractivity (Wildman–Crippen MR) is 103 cm³/mol. The lowest BCUT2D eigenvalue weighted by Crippen LogP contribution is -2.48. The van der Waals surface area contributed by atoms with Crippen LogP contribution in [0.5, 0.6) is 0 Å². The number of carbonyl (C=O) groups is 2. The highest BCUT2D eigenvalue weighted by Gasteiger charge is 2.24. The second-order valence-corrected chi connectivity index (χ2v) is 7.06. The van der Waals surface area contributed by atoms with Gasteiger partial charge < -0.3 is 26.6 Å². The van der Waals surface area contributed by atoms with Gasteiger partial charge in [-0.1, -0.05) is 0 Å². The van der Waals surface area contributed by atoms with Crippen molar-refractivity contribution >= 4 is 40.1 Å². The number of piperidine rings is 1. The summed E-state index contributed by atoms with van der Waals surface area (Å²) in [5, 5.41) is 9.73. The highest BCUT2D eigenvalue weighted by atomic mass is 32.1. The number of rotatable bonds is 5. The van der Waals surface area contributed by atoms with Crippen molar-refractivity contribution in [3.8, 4) is 0 Å². The molecule has 27 heavy (non-hydrogen) atoms. The van der Waals surface area contributed by atoms with Crippen LogP contribution in [-0.4, -0.2) is 57.4 Å². The highest BCUT2D eigenvalue weighted by Crippen LogP contribution is 2.24. The lowest BCUT2D eigenvalue weighted by molar-refractivity contribution is 0.0996. The lowest BCUT2D eigenvalue weighted by Gasteiger charge is -2.33. The van der Waals surface area contributed by atoms with Crippen molar-refractivity contribution in [2.24, 2.45) is 5.73 Å². The van der Waals surface area contributed by atoms with E-state index in [4.69, 9.17) is 5.73 Å². The molecule has 3 rings (SSSR count). The van der Waals surface area contributed by atoms with Gasteiger partial charge in [0.25, 0.3) is 5.91 Å². The summed E-state index contributed by atoms with van der Waals surface area (Å²) in [7, 11) is 1.62. The minimum Gasteiger partial charge on any atom is -0.364 e. The Bertz CT molecular complexity index is 840. The lowest BCUT2D eigenvalue weighted by atomic mass is 10.1. The first kappa shape index (κ1) is 18.8. The number of carbonyl (C=O) groups excluding carboxylic acids is 2. The molecule has 0 bridgehead atoms. The molecule has 11 heteroatoms. The first-order valence-corrected chi connectivity index (χ1v) is 9.34. The number of hydrogen-bond donors (Lipinski definition) is 4. The number of nitrogens with zero attached hydrogens (tertiary/aromatic N) is 4. The minimum atomic E-state index is -0.666. The molecule has 5 N–H and O–H groups in total. The fraction of sp³-hybridized carbons (Fsp3) is 0.438. The molecule has 0 aliphatic carbocycles. The molecular weight excluding hydrogens is 368 g/mol. The topological polar surface area (TPSA) is 138 Å². The maximum Gasteiger partial charge on any atom is 0.317 e. The van der Waals surface area contributed by atoms with Crippen LogP contribution in [0.25, 0.3) is 0 Å². The molecule has 0 aromatic carbocycles. The number of amides is 3. The van der Waals surface area contributed by atoms with E-state index in [1.165, 1.54) is 17.7 Å². The summed E-state index contributed by atoms with van der Waals surface area (Å²) < 4.78 is 4.19. The summed E-state index contributed by atoms with van der Waals surface area (Å²) in [6.07, 6.45) is 3.27. The van der Waals surface area contributed by atoms with Gasteiger partial charge in [0.1, 0.15) is 10.8 Å². The van der Waals surface area contributed by atoms with Gasteiger partial charge in [0.05, 0.1) is 11.9 Å². The van der Waals surface area contributed by atoms with Crippen molar-refractivity contribution in [2.75, 3.05) is 30.8 Å². The van der Waals surface area contributed by atoms with E-state index in [0.29, 0.717) is 12.4 Å². The van der Waals surface area contributed by atoms with Crippen LogP contribution in [0.1, 0.15) is 29.0 Å². The van der Waals surface area contributed by atoms with Crippen LogP contribution < -0.4 is 21.7 Å². The second-order valence-electron chi connectivity index (χ2n) is 6.26. The Morgan fingerprint density at radius 2 is 2.22 bits per heavy atom. The minimum absolute atomic E-state index is 0.0447. The highest BCUT2D eigenvalue weighted by molar-refractivity contribution is 7.10. The largest absolute Gasteiger partial charge is 0.364 e. The first-order chi connectivity index (χ1) is 13.0. The Morgan fingerprint density at radius 1 is 1.41 bits per heavy atom. The van der Waals surface area contributed by atoms with Gasteiger partial charge in [-0.05, 0) is 37.4 Å². The van der Waals surface area contributed by atoms with Gasteiger partial charge in [-0.3, -0.25) is 4.79 Å². The van der Waals surface area contributed by atoms with Gasteiger partial charge in [-0.25, -0.2) is 14.8 Å². The normalized spacial score (nSPS) is 16.7. The van der Waals surface area contributed by atoms with Crippen molar-refractivity contribution in [2.45, 2.75) is 25.8 Å². The SMILES string of the molecule is CNC(=O)N1CCC[C@H](Nc2cnc(C(N)=O)c(Nc3cc(C)ns3)n2)C1. The number of aromatic nitrogens is 3. The molecular formula is C16H22N8O2S. The quantitative estimate of drug-likeness (QED) is 0.603. The van der Waals surface area contributed by atoms with Gasteiger partial charge in [-0.2, -0.15) is 4.37 Å². The number of nitrogens with two attached hydrogens (primary N) is 1. The van der Waals surface area contributed by atoms with E-state index >= 15 is 0 Å². The van der Waals surface area contributed by atoms with Crippen molar-refractivity contribution in [3.63, 3.8) is 0 Å². The van der Waals surface area contributed by atoms with Gasteiger partial charge in [-0.15, -0.1) is 0 Å². The van der Waals surface area contributed by atoms with Gasteiger partial charge in [0.15, 0.2) is 11.5 Å². The molecule has 2 aromatic heterocycles. The van der Waals surface area contributed by atoms with E-state index in [0.717, 1.165) is 30.1 Å². The van der Waals surface area contributed by atoms with E-state index in [2.05, 4.69) is 30.3 Å². The Kier molecular flexibility index (Phi) is 5.69. The summed E-state index contributed by atoms with van der Waals surface area (Å²) in [5.41, 5.74) is 6.33. The summed E-state index contributed by atoms with van der Waals surface area (Å²) in [5.74, 6) is 0.115. The molecule has 0 saturated carbocycles. The Labute approximate surface area is 160 Å². The molecule has 1 atom stereocenters. The van der Waals surface area contributed by atoms with Crippen molar-refractivity contribution in [1.82, 2.24) is 24.6 Å². The number of hydrogen-bond acceptors (Lipinski definition) is 8. The average molecular weight is 390 g/mol. The Hall–Kier alpha value is -2.95. The number of likely N-dealkylation sites (tertiary alicyclic amines) is 1. The number of nitrogens with one attached hydrogen (secondary N) is 3. The summed E-state index contributed by atoms with van der Waals surface area (Å²) >= 11 is 1.26. The molecule has 0 radical (unpaired) electrons. The summed E-state index contributed by atoms with van der Waals surface area (Å²) in [4.78, 5) is 33.9. The Morgan fingerprint density at radius 3 is 2.89 bits per heavy atom. The van der Waals surface area contributed by atoms with Crippen LogP contribution in [0.4, 0.5) is 21.4 Å². The van der Waals surface area contributed by atoms with E-state index < -0.39 is 5.91 Å². The zero-order valence-electron chi connectivity index (χ0n) is 15.2. The third-order valence-electron chi connectivity index (χ3n) is 4.15. The molecule has 0 spiro atoms.